The lowest BCUT2D eigenvalue weighted by atomic mass is 10.2. The molecular formula is C8H14F2N2O. The highest BCUT2D eigenvalue weighted by Gasteiger charge is 2.44. The number of rotatable bonds is 2. The zero-order valence-corrected chi connectivity index (χ0v) is 7.52. The minimum absolute atomic E-state index is 0.142. The van der Waals surface area contributed by atoms with E-state index in [1.54, 1.807) is 0 Å². The van der Waals surface area contributed by atoms with E-state index in [-0.39, 0.29) is 6.42 Å². The number of halogens is 2. The van der Waals surface area contributed by atoms with Crippen molar-refractivity contribution >= 4 is 5.91 Å². The van der Waals surface area contributed by atoms with Gasteiger partial charge in [-0.1, -0.05) is 0 Å². The maximum atomic E-state index is 13.0. The molecule has 0 radical (unpaired) electrons. The van der Waals surface area contributed by atoms with Crippen LogP contribution in [-0.2, 0) is 4.79 Å². The number of nitrogens with two attached hydrogens (primary N) is 1. The monoisotopic (exact) mass is 192 g/mol. The number of hydrogen-bond donors (Lipinski definition) is 2. The summed E-state index contributed by atoms with van der Waals surface area (Å²) in [6.07, 6.45) is 0.652. The number of alkyl halides is 2. The van der Waals surface area contributed by atoms with Crippen molar-refractivity contribution < 1.29 is 13.6 Å². The Morgan fingerprint density at radius 2 is 2.31 bits per heavy atom. The van der Waals surface area contributed by atoms with E-state index < -0.39 is 23.9 Å². The van der Waals surface area contributed by atoms with Gasteiger partial charge in [-0.3, -0.25) is 4.79 Å². The summed E-state index contributed by atoms with van der Waals surface area (Å²) in [5.74, 6) is -3.27. The fourth-order valence-electron chi connectivity index (χ4n) is 1.41. The van der Waals surface area contributed by atoms with Crippen molar-refractivity contribution in [3.63, 3.8) is 0 Å². The molecule has 2 unspecified atom stereocenters. The van der Waals surface area contributed by atoms with E-state index in [0.29, 0.717) is 12.8 Å². The van der Waals surface area contributed by atoms with E-state index >= 15 is 0 Å². The number of nitrogens with one attached hydrogen (secondary N) is 1. The van der Waals surface area contributed by atoms with Crippen molar-refractivity contribution in [2.24, 2.45) is 5.73 Å². The van der Waals surface area contributed by atoms with Crippen molar-refractivity contribution in [2.75, 3.05) is 0 Å². The molecule has 0 saturated heterocycles. The summed E-state index contributed by atoms with van der Waals surface area (Å²) in [4.78, 5) is 11.0. The van der Waals surface area contributed by atoms with Crippen molar-refractivity contribution in [1.29, 1.82) is 0 Å². The van der Waals surface area contributed by atoms with Crippen LogP contribution in [0.4, 0.5) is 8.78 Å². The summed E-state index contributed by atoms with van der Waals surface area (Å²) < 4.78 is 26.0. The fourth-order valence-corrected chi connectivity index (χ4v) is 1.41. The summed E-state index contributed by atoms with van der Waals surface area (Å²) in [7, 11) is 0. The van der Waals surface area contributed by atoms with Gasteiger partial charge in [0.15, 0.2) is 0 Å². The summed E-state index contributed by atoms with van der Waals surface area (Å²) in [5.41, 5.74) is 5.25. The first-order valence-electron chi connectivity index (χ1n) is 4.37. The van der Waals surface area contributed by atoms with Crippen molar-refractivity contribution in [1.82, 2.24) is 5.32 Å². The van der Waals surface area contributed by atoms with E-state index in [2.05, 4.69) is 5.32 Å². The molecule has 3 N–H and O–H groups in total. The van der Waals surface area contributed by atoms with Gasteiger partial charge < -0.3 is 11.1 Å². The van der Waals surface area contributed by atoms with Gasteiger partial charge in [0.05, 0.1) is 12.1 Å². The van der Waals surface area contributed by atoms with Crippen molar-refractivity contribution in [3.8, 4) is 0 Å². The van der Waals surface area contributed by atoms with Gasteiger partial charge in [0.1, 0.15) is 0 Å². The van der Waals surface area contributed by atoms with Crippen LogP contribution in [0.15, 0.2) is 0 Å². The average molecular weight is 192 g/mol. The molecule has 0 aliphatic heterocycles. The minimum atomic E-state index is -2.76. The van der Waals surface area contributed by atoms with Gasteiger partial charge in [-0.05, 0) is 19.8 Å². The Morgan fingerprint density at radius 1 is 1.69 bits per heavy atom. The number of hydrogen-bond acceptors (Lipinski definition) is 2. The summed E-state index contributed by atoms with van der Waals surface area (Å²) in [5, 5.41) is 2.25. The molecule has 13 heavy (non-hydrogen) atoms. The molecule has 0 aromatic carbocycles. The number of carbonyl (C=O) groups is 1. The maximum absolute atomic E-state index is 13.0. The normalized spacial score (nSPS) is 28.5. The van der Waals surface area contributed by atoms with Crippen LogP contribution in [0, 0.1) is 0 Å². The molecule has 0 bridgehead atoms. The van der Waals surface area contributed by atoms with E-state index in [1.807, 2.05) is 0 Å². The molecule has 0 heterocycles. The Hall–Kier alpha value is -0.710. The molecule has 1 amide bonds. The van der Waals surface area contributed by atoms with E-state index in [4.69, 9.17) is 5.73 Å². The molecule has 1 saturated carbocycles. The minimum Gasteiger partial charge on any atom is -0.346 e. The fraction of sp³-hybridized carbons (Fsp3) is 0.875. The third-order valence-corrected chi connectivity index (χ3v) is 2.24. The van der Waals surface area contributed by atoms with Crippen LogP contribution < -0.4 is 11.1 Å². The second-order valence-corrected chi connectivity index (χ2v) is 3.50. The molecule has 1 aliphatic carbocycles. The molecule has 0 aromatic heterocycles. The first kappa shape index (κ1) is 10.4. The molecule has 1 rings (SSSR count). The molecule has 2 atom stereocenters. The van der Waals surface area contributed by atoms with Crippen LogP contribution >= 0.6 is 0 Å². The maximum Gasteiger partial charge on any atom is 0.267 e. The summed E-state index contributed by atoms with van der Waals surface area (Å²) in [6.45, 7) is 1.47. The first-order chi connectivity index (χ1) is 5.93. The zero-order valence-electron chi connectivity index (χ0n) is 7.52. The van der Waals surface area contributed by atoms with Crippen LogP contribution in [0.5, 0.6) is 0 Å². The van der Waals surface area contributed by atoms with Crippen LogP contribution in [0.3, 0.4) is 0 Å². The van der Waals surface area contributed by atoms with Crippen molar-refractivity contribution in [3.05, 3.63) is 0 Å². The molecule has 0 aromatic rings. The highest BCUT2D eigenvalue weighted by atomic mass is 19.3. The first-order valence-corrected chi connectivity index (χ1v) is 4.37. The third-order valence-electron chi connectivity index (χ3n) is 2.24. The molecule has 76 valence electrons. The topological polar surface area (TPSA) is 55.1 Å². The predicted octanol–water partition coefficient (Wildman–Crippen LogP) is 0.638. The molecule has 3 nitrogen and oxygen atoms in total. The standard InChI is InChI=1S/C8H14F2N2O/c1-5(11)7(13)12-6-3-2-4-8(6,9)10/h5-6H,2-4,11H2,1H3,(H,12,13). The predicted molar refractivity (Wildman–Crippen MR) is 44.4 cm³/mol. The lowest BCUT2D eigenvalue weighted by Crippen LogP contribution is -2.49. The average Bonchev–Trinajstić information content (AvgIpc) is 2.30. The molecule has 0 spiro atoms. The van der Waals surface area contributed by atoms with E-state index in [0.717, 1.165) is 0 Å². The van der Waals surface area contributed by atoms with Gasteiger partial charge in [0.25, 0.3) is 5.92 Å². The quantitative estimate of drug-likeness (QED) is 0.674. The highest BCUT2D eigenvalue weighted by Crippen LogP contribution is 2.34. The molecule has 1 aliphatic rings. The van der Waals surface area contributed by atoms with Gasteiger partial charge in [0, 0.05) is 6.42 Å². The Labute approximate surface area is 75.7 Å². The highest BCUT2D eigenvalue weighted by molar-refractivity contribution is 5.81. The van der Waals surface area contributed by atoms with Crippen LogP contribution in [0.25, 0.3) is 0 Å². The summed E-state index contributed by atoms with van der Waals surface area (Å²) in [6, 6.07) is -1.75. The Morgan fingerprint density at radius 3 is 2.69 bits per heavy atom. The van der Waals surface area contributed by atoms with Crippen LogP contribution in [0.1, 0.15) is 26.2 Å². The largest absolute Gasteiger partial charge is 0.346 e. The van der Waals surface area contributed by atoms with E-state index in [1.165, 1.54) is 6.92 Å². The molecule has 5 heteroatoms. The Bertz CT molecular complexity index is 206. The Balaban J connectivity index is 2.50. The number of carbonyl (C=O) groups excluding carboxylic acids is 1. The lowest BCUT2D eigenvalue weighted by Gasteiger charge is -2.21. The van der Waals surface area contributed by atoms with Gasteiger partial charge in [-0.2, -0.15) is 0 Å². The Kier molecular flexibility index (Phi) is 2.85. The van der Waals surface area contributed by atoms with Gasteiger partial charge in [-0.15, -0.1) is 0 Å². The van der Waals surface area contributed by atoms with Crippen LogP contribution in [-0.4, -0.2) is 23.9 Å². The van der Waals surface area contributed by atoms with Crippen LogP contribution in [0.2, 0.25) is 0 Å². The van der Waals surface area contributed by atoms with Crippen molar-refractivity contribution in [2.45, 2.75) is 44.2 Å². The second kappa shape index (κ2) is 3.57. The molecular weight excluding hydrogens is 178 g/mol. The molecule has 1 fully saturated rings. The zero-order chi connectivity index (χ0) is 10.1. The van der Waals surface area contributed by atoms with E-state index in [9.17, 15) is 13.6 Å². The van der Waals surface area contributed by atoms with Gasteiger partial charge in [0.2, 0.25) is 5.91 Å². The van der Waals surface area contributed by atoms with Gasteiger partial charge >= 0.3 is 0 Å². The summed E-state index contributed by atoms with van der Waals surface area (Å²) >= 11 is 0. The number of amides is 1. The third kappa shape index (κ3) is 2.37. The smallest absolute Gasteiger partial charge is 0.267 e. The second-order valence-electron chi connectivity index (χ2n) is 3.50. The lowest BCUT2D eigenvalue weighted by molar-refractivity contribution is -0.125. The van der Waals surface area contributed by atoms with Gasteiger partial charge in [-0.25, -0.2) is 8.78 Å². The SMILES string of the molecule is CC(N)C(=O)NC1CCCC1(F)F.